The van der Waals surface area contributed by atoms with Crippen molar-refractivity contribution >= 4 is 47.0 Å². The van der Waals surface area contributed by atoms with Crippen molar-refractivity contribution in [2.45, 2.75) is 0 Å². The zero-order valence-electron chi connectivity index (χ0n) is 18.7. The second-order valence-electron chi connectivity index (χ2n) is 7.89. The molecule has 170 valence electrons. The molecule has 4 aromatic carbocycles. The van der Waals surface area contributed by atoms with Crippen LogP contribution < -0.4 is 0 Å². The molecule has 0 atom stereocenters. The van der Waals surface area contributed by atoms with E-state index in [9.17, 15) is 10.2 Å². The third-order valence-electron chi connectivity index (χ3n) is 5.37. The van der Waals surface area contributed by atoms with Crippen LogP contribution >= 0.6 is 0 Å². The van der Waals surface area contributed by atoms with Crippen LogP contribution in [0.3, 0.4) is 0 Å². The molecular formula is C29H22N4O2. The number of hydrogen-bond acceptors (Lipinski definition) is 5. The first-order valence-electron chi connectivity index (χ1n) is 11.1. The van der Waals surface area contributed by atoms with E-state index in [2.05, 4.69) is 20.0 Å². The number of rotatable bonds is 6. The van der Waals surface area contributed by atoms with Gasteiger partial charge in [0.25, 0.3) is 0 Å². The van der Waals surface area contributed by atoms with Crippen LogP contribution in [0.4, 0.5) is 11.4 Å². The third-order valence-corrected chi connectivity index (χ3v) is 5.37. The number of H-pyrrole nitrogens is 1. The molecule has 0 saturated heterocycles. The van der Waals surface area contributed by atoms with Gasteiger partial charge < -0.3 is 15.2 Å². The first kappa shape index (κ1) is 21.9. The molecule has 35 heavy (non-hydrogen) atoms. The average Bonchev–Trinajstić information content (AvgIpc) is 3.29. The Kier molecular flexibility index (Phi) is 6.17. The highest BCUT2D eigenvalue weighted by molar-refractivity contribution is 5.88. The lowest BCUT2D eigenvalue weighted by atomic mass is 10.2. The van der Waals surface area contributed by atoms with Gasteiger partial charge in [-0.3, -0.25) is 9.98 Å². The van der Waals surface area contributed by atoms with E-state index in [0.717, 1.165) is 33.8 Å². The molecule has 3 N–H and O–H groups in total. The molecular weight excluding hydrogens is 436 g/mol. The molecule has 5 rings (SSSR count). The van der Waals surface area contributed by atoms with Crippen LogP contribution in [0, 0.1) is 0 Å². The lowest BCUT2D eigenvalue weighted by molar-refractivity contribution is 0.474. The highest BCUT2D eigenvalue weighted by Crippen LogP contribution is 2.22. The molecule has 0 aliphatic carbocycles. The smallest absolute Gasteiger partial charge is 0.131 e. The summed E-state index contributed by atoms with van der Waals surface area (Å²) in [6.45, 7) is 0. The summed E-state index contributed by atoms with van der Waals surface area (Å²) in [6.07, 6.45) is 7.17. The van der Waals surface area contributed by atoms with Crippen molar-refractivity contribution in [2.75, 3.05) is 0 Å². The molecule has 1 aromatic heterocycles. The number of nitrogens with zero attached hydrogens (tertiary/aromatic N) is 3. The Morgan fingerprint density at radius 1 is 0.657 bits per heavy atom. The van der Waals surface area contributed by atoms with E-state index in [1.54, 1.807) is 36.7 Å². The van der Waals surface area contributed by atoms with Gasteiger partial charge in [-0.05, 0) is 66.2 Å². The van der Waals surface area contributed by atoms with Crippen LogP contribution in [0.15, 0.2) is 101 Å². The summed E-state index contributed by atoms with van der Waals surface area (Å²) >= 11 is 0. The zero-order chi connectivity index (χ0) is 24.0. The van der Waals surface area contributed by atoms with E-state index in [0.29, 0.717) is 11.1 Å². The van der Waals surface area contributed by atoms with E-state index in [4.69, 9.17) is 0 Å². The Morgan fingerprint density at radius 2 is 1.31 bits per heavy atom. The van der Waals surface area contributed by atoms with Gasteiger partial charge in [0.1, 0.15) is 17.3 Å². The van der Waals surface area contributed by atoms with E-state index >= 15 is 0 Å². The van der Waals surface area contributed by atoms with Crippen molar-refractivity contribution in [3.8, 4) is 11.5 Å². The van der Waals surface area contributed by atoms with Gasteiger partial charge in [0.05, 0.1) is 22.4 Å². The quantitative estimate of drug-likeness (QED) is 0.249. The zero-order valence-corrected chi connectivity index (χ0v) is 18.7. The molecule has 0 aliphatic rings. The highest BCUT2D eigenvalue weighted by Gasteiger charge is 2.02. The van der Waals surface area contributed by atoms with Gasteiger partial charge in [-0.25, -0.2) is 4.98 Å². The minimum absolute atomic E-state index is 0.194. The van der Waals surface area contributed by atoms with Crippen molar-refractivity contribution in [2.24, 2.45) is 9.98 Å². The molecule has 1 heterocycles. The number of para-hydroxylation sites is 2. The second-order valence-corrected chi connectivity index (χ2v) is 7.89. The molecule has 0 aliphatic heterocycles. The van der Waals surface area contributed by atoms with Gasteiger partial charge >= 0.3 is 0 Å². The molecule has 0 radical (unpaired) electrons. The molecule has 0 unspecified atom stereocenters. The Hall–Kier alpha value is -4.97. The number of aromatic nitrogens is 2. The fourth-order valence-corrected chi connectivity index (χ4v) is 3.54. The molecule has 0 saturated carbocycles. The van der Waals surface area contributed by atoms with Crippen LogP contribution in [0.25, 0.3) is 23.2 Å². The predicted octanol–water partition coefficient (Wildman–Crippen LogP) is 6.65. The molecule has 6 heteroatoms. The van der Waals surface area contributed by atoms with Crippen LogP contribution in [0.2, 0.25) is 0 Å². The van der Waals surface area contributed by atoms with E-state index in [-0.39, 0.29) is 11.5 Å². The second kappa shape index (κ2) is 9.89. The number of aromatic amines is 1. The van der Waals surface area contributed by atoms with Crippen LogP contribution in [-0.4, -0.2) is 32.6 Å². The van der Waals surface area contributed by atoms with Gasteiger partial charge in [-0.2, -0.15) is 0 Å². The summed E-state index contributed by atoms with van der Waals surface area (Å²) < 4.78 is 0. The Balaban J connectivity index is 1.32. The summed E-state index contributed by atoms with van der Waals surface area (Å²) in [4.78, 5) is 16.9. The number of imidazole rings is 1. The van der Waals surface area contributed by atoms with Gasteiger partial charge in [-0.15, -0.1) is 0 Å². The normalized spacial score (nSPS) is 11.9. The number of phenolic OH excluding ortho intramolecular Hbond substituents is 2. The van der Waals surface area contributed by atoms with Crippen molar-refractivity contribution < 1.29 is 10.2 Å². The molecule has 5 aromatic rings. The number of aliphatic imine (C=N–C) groups is 2. The molecule has 0 amide bonds. The van der Waals surface area contributed by atoms with Crippen molar-refractivity contribution in [3.63, 3.8) is 0 Å². The number of hydrogen-bond donors (Lipinski definition) is 3. The number of nitrogens with one attached hydrogen (secondary N) is 1. The maximum absolute atomic E-state index is 9.89. The number of phenols is 2. The van der Waals surface area contributed by atoms with Crippen molar-refractivity contribution in [3.05, 3.63) is 114 Å². The minimum Gasteiger partial charge on any atom is -0.507 e. The summed E-state index contributed by atoms with van der Waals surface area (Å²) in [5.74, 6) is 1.12. The fraction of sp³-hybridized carbons (Fsp3) is 0. The van der Waals surface area contributed by atoms with Crippen molar-refractivity contribution in [1.82, 2.24) is 9.97 Å². The predicted molar refractivity (Wildman–Crippen MR) is 142 cm³/mol. The van der Waals surface area contributed by atoms with Crippen LogP contribution in [0.1, 0.15) is 22.5 Å². The van der Waals surface area contributed by atoms with E-state index in [1.807, 2.05) is 78.9 Å². The minimum atomic E-state index is 0.194. The maximum Gasteiger partial charge on any atom is 0.131 e. The summed E-state index contributed by atoms with van der Waals surface area (Å²) in [7, 11) is 0. The largest absolute Gasteiger partial charge is 0.507 e. The Bertz CT molecular complexity index is 1580. The van der Waals surface area contributed by atoms with Crippen LogP contribution in [0.5, 0.6) is 11.5 Å². The SMILES string of the molecule is Oc1ccccc1C=Nc1cccc(C=Cc2nc3ccc(N=Cc4ccccc4O)cc3[nH]2)c1. The number of aromatic hydroxyl groups is 2. The lowest BCUT2D eigenvalue weighted by Gasteiger charge is -1.99. The monoisotopic (exact) mass is 458 g/mol. The highest BCUT2D eigenvalue weighted by atomic mass is 16.3. The van der Waals surface area contributed by atoms with Gasteiger partial charge in [0, 0.05) is 23.6 Å². The topological polar surface area (TPSA) is 93.9 Å². The molecule has 0 spiro atoms. The fourth-order valence-electron chi connectivity index (χ4n) is 3.54. The Morgan fingerprint density at radius 3 is 2.00 bits per heavy atom. The van der Waals surface area contributed by atoms with Gasteiger partial charge in [-0.1, -0.05) is 42.5 Å². The average molecular weight is 459 g/mol. The summed E-state index contributed by atoms with van der Waals surface area (Å²) in [5, 5.41) is 19.8. The number of fused-ring (bicyclic) bond motifs is 1. The molecule has 0 fully saturated rings. The summed E-state index contributed by atoms with van der Waals surface area (Å²) in [6, 6.07) is 27.7. The lowest BCUT2D eigenvalue weighted by Crippen LogP contribution is -1.81. The van der Waals surface area contributed by atoms with E-state index < -0.39 is 0 Å². The third kappa shape index (κ3) is 5.34. The van der Waals surface area contributed by atoms with Gasteiger partial charge in [0.15, 0.2) is 0 Å². The molecule has 6 nitrogen and oxygen atoms in total. The van der Waals surface area contributed by atoms with Crippen LogP contribution in [-0.2, 0) is 0 Å². The standard InChI is InChI=1S/C29H22N4O2/c34-27-10-3-1-7-21(27)18-30-23-9-5-6-20(16-23)12-15-29-32-25-14-13-24(17-26(25)33-29)31-19-22-8-2-4-11-28(22)35/h1-19,34-35H,(H,32,33). The Labute approximate surface area is 202 Å². The first-order valence-corrected chi connectivity index (χ1v) is 11.1. The number of benzene rings is 4. The summed E-state index contributed by atoms with van der Waals surface area (Å²) in [5.41, 5.74) is 5.56. The molecule has 0 bridgehead atoms. The van der Waals surface area contributed by atoms with Crippen molar-refractivity contribution in [1.29, 1.82) is 0 Å². The van der Waals surface area contributed by atoms with Gasteiger partial charge in [0.2, 0.25) is 0 Å². The van der Waals surface area contributed by atoms with E-state index in [1.165, 1.54) is 0 Å². The maximum atomic E-state index is 9.89. The first-order chi connectivity index (χ1) is 17.1.